The van der Waals surface area contributed by atoms with Gasteiger partial charge in [-0.05, 0) is 18.4 Å². The summed E-state index contributed by atoms with van der Waals surface area (Å²) >= 11 is 0. The molecule has 0 amide bonds. The molecule has 4 nitrogen and oxygen atoms in total. The lowest BCUT2D eigenvalue weighted by Gasteiger charge is -2.37. The van der Waals surface area contributed by atoms with Gasteiger partial charge in [-0.2, -0.15) is 5.10 Å². The maximum atomic E-state index is 4.23. The van der Waals surface area contributed by atoms with Crippen molar-refractivity contribution in [3.63, 3.8) is 0 Å². The van der Waals surface area contributed by atoms with E-state index in [1.807, 2.05) is 17.9 Å². The van der Waals surface area contributed by atoms with E-state index in [1.165, 1.54) is 18.7 Å². The van der Waals surface area contributed by atoms with Gasteiger partial charge in [0, 0.05) is 57.6 Å². The second-order valence-corrected chi connectivity index (χ2v) is 5.72. The van der Waals surface area contributed by atoms with E-state index in [-0.39, 0.29) is 0 Å². The fourth-order valence-electron chi connectivity index (χ4n) is 2.78. The van der Waals surface area contributed by atoms with Gasteiger partial charge in [0.2, 0.25) is 0 Å². The number of aromatic nitrogens is 2. The lowest BCUT2D eigenvalue weighted by Crippen LogP contribution is -2.52. The van der Waals surface area contributed by atoms with Crippen molar-refractivity contribution in [1.29, 1.82) is 0 Å². The predicted octanol–water partition coefficient (Wildman–Crippen LogP) is 1.28. The molecule has 1 atom stereocenters. The van der Waals surface area contributed by atoms with Gasteiger partial charge in [-0.25, -0.2) is 0 Å². The summed E-state index contributed by atoms with van der Waals surface area (Å²) in [6.07, 6.45) is 4.28. The van der Waals surface area contributed by atoms with Crippen LogP contribution in [0.4, 0.5) is 0 Å². The number of piperazine rings is 1. The Hall–Kier alpha value is -0.870. The van der Waals surface area contributed by atoms with Crippen molar-refractivity contribution in [2.24, 2.45) is 13.0 Å². The Morgan fingerprint density at radius 1 is 1.50 bits per heavy atom. The van der Waals surface area contributed by atoms with E-state index in [0.29, 0.717) is 6.04 Å². The molecule has 2 rings (SSSR count). The predicted molar refractivity (Wildman–Crippen MR) is 74.6 cm³/mol. The van der Waals surface area contributed by atoms with Crippen LogP contribution in [0.3, 0.4) is 0 Å². The van der Waals surface area contributed by atoms with Gasteiger partial charge in [0.25, 0.3) is 0 Å². The molecular weight excluding hydrogens is 224 g/mol. The zero-order valence-corrected chi connectivity index (χ0v) is 11.9. The summed E-state index contributed by atoms with van der Waals surface area (Å²) in [4.78, 5) is 2.64. The Kier molecular flexibility index (Phi) is 4.78. The van der Waals surface area contributed by atoms with Crippen LogP contribution < -0.4 is 5.32 Å². The molecule has 4 heteroatoms. The van der Waals surface area contributed by atoms with Crippen LogP contribution in [0.15, 0.2) is 12.3 Å². The number of hydrogen-bond donors (Lipinski definition) is 1. The van der Waals surface area contributed by atoms with Crippen LogP contribution >= 0.6 is 0 Å². The van der Waals surface area contributed by atoms with Crippen molar-refractivity contribution in [2.45, 2.75) is 32.7 Å². The Morgan fingerprint density at radius 2 is 2.33 bits per heavy atom. The SMILES string of the molecule is CC(C)CC1CNCCN1CCc1ccnn1C. The quantitative estimate of drug-likeness (QED) is 0.854. The molecule has 1 fully saturated rings. The molecule has 1 unspecified atom stereocenters. The average molecular weight is 250 g/mol. The van der Waals surface area contributed by atoms with Crippen LogP contribution in [0.5, 0.6) is 0 Å². The number of nitrogens with one attached hydrogen (secondary N) is 1. The van der Waals surface area contributed by atoms with Crippen LogP contribution in [0.2, 0.25) is 0 Å². The maximum Gasteiger partial charge on any atom is 0.0492 e. The highest BCUT2D eigenvalue weighted by Gasteiger charge is 2.22. The molecule has 1 N–H and O–H groups in total. The van der Waals surface area contributed by atoms with Crippen molar-refractivity contribution in [3.05, 3.63) is 18.0 Å². The third-order valence-electron chi connectivity index (χ3n) is 3.79. The van der Waals surface area contributed by atoms with Crippen LogP contribution in [-0.2, 0) is 13.5 Å². The average Bonchev–Trinajstić information content (AvgIpc) is 2.73. The Morgan fingerprint density at radius 3 is 3.00 bits per heavy atom. The smallest absolute Gasteiger partial charge is 0.0492 e. The van der Waals surface area contributed by atoms with Crippen molar-refractivity contribution < 1.29 is 0 Å². The molecule has 0 radical (unpaired) electrons. The second kappa shape index (κ2) is 6.34. The molecule has 0 aromatic carbocycles. The van der Waals surface area contributed by atoms with Gasteiger partial charge in [-0.15, -0.1) is 0 Å². The highest BCUT2D eigenvalue weighted by Crippen LogP contribution is 2.14. The first-order valence-electron chi connectivity index (χ1n) is 7.08. The number of hydrogen-bond acceptors (Lipinski definition) is 3. The summed E-state index contributed by atoms with van der Waals surface area (Å²) in [5, 5.41) is 7.75. The van der Waals surface area contributed by atoms with Crippen LogP contribution in [0.25, 0.3) is 0 Å². The van der Waals surface area contributed by atoms with Gasteiger partial charge in [0.1, 0.15) is 0 Å². The molecular formula is C14H26N4. The zero-order valence-electron chi connectivity index (χ0n) is 11.9. The fourth-order valence-corrected chi connectivity index (χ4v) is 2.78. The number of aryl methyl sites for hydroxylation is 1. The number of nitrogens with zero attached hydrogens (tertiary/aromatic N) is 3. The minimum Gasteiger partial charge on any atom is -0.314 e. The first-order chi connectivity index (χ1) is 8.66. The maximum absolute atomic E-state index is 4.23. The molecule has 18 heavy (non-hydrogen) atoms. The van der Waals surface area contributed by atoms with E-state index in [1.54, 1.807) is 0 Å². The van der Waals surface area contributed by atoms with Gasteiger partial charge in [-0.1, -0.05) is 13.8 Å². The zero-order chi connectivity index (χ0) is 13.0. The van der Waals surface area contributed by atoms with Crippen molar-refractivity contribution in [1.82, 2.24) is 20.0 Å². The third kappa shape index (κ3) is 3.56. The fraction of sp³-hybridized carbons (Fsp3) is 0.786. The Bertz CT molecular complexity index is 358. The minimum atomic E-state index is 0.701. The molecule has 0 spiro atoms. The molecule has 0 saturated carbocycles. The van der Waals surface area contributed by atoms with Gasteiger partial charge in [-0.3, -0.25) is 9.58 Å². The van der Waals surface area contributed by atoms with E-state index >= 15 is 0 Å². The topological polar surface area (TPSA) is 33.1 Å². The molecule has 0 bridgehead atoms. The summed E-state index contributed by atoms with van der Waals surface area (Å²) in [7, 11) is 2.03. The summed E-state index contributed by atoms with van der Waals surface area (Å²) in [6, 6.07) is 2.83. The summed E-state index contributed by atoms with van der Waals surface area (Å²) in [5.41, 5.74) is 1.33. The standard InChI is InChI=1S/C14H26N4/c1-12(2)10-14-11-15-7-9-18(14)8-5-13-4-6-16-17(13)3/h4,6,12,14-15H,5,7-11H2,1-3H3. The van der Waals surface area contributed by atoms with E-state index < -0.39 is 0 Å². The van der Waals surface area contributed by atoms with Gasteiger partial charge < -0.3 is 5.32 Å². The molecule has 1 aromatic rings. The third-order valence-corrected chi connectivity index (χ3v) is 3.79. The summed E-state index contributed by atoms with van der Waals surface area (Å²) < 4.78 is 1.99. The van der Waals surface area contributed by atoms with Gasteiger partial charge in [0.15, 0.2) is 0 Å². The molecule has 2 heterocycles. The Labute approximate surface area is 110 Å². The van der Waals surface area contributed by atoms with E-state index in [4.69, 9.17) is 0 Å². The summed E-state index contributed by atoms with van der Waals surface area (Å²) in [6.45, 7) is 9.22. The summed E-state index contributed by atoms with van der Waals surface area (Å²) in [5.74, 6) is 0.772. The number of rotatable bonds is 5. The molecule has 1 aliphatic rings. The van der Waals surface area contributed by atoms with E-state index in [9.17, 15) is 0 Å². The largest absolute Gasteiger partial charge is 0.314 e. The molecule has 102 valence electrons. The first kappa shape index (κ1) is 13.6. The van der Waals surface area contributed by atoms with E-state index in [0.717, 1.165) is 32.0 Å². The lowest BCUT2D eigenvalue weighted by molar-refractivity contribution is 0.143. The van der Waals surface area contributed by atoms with E-state index in [2.05, 4.69) is 35.2 Å². The van der Waals surface area contributed by atoms with Crippen LogP contribution in [0, 0.1) is 5.92 Å². The van der Waals surface area contributed by atoms with Crippen LogP contribution in [0.1, 0.15) is 26.0 Å². The monoisotopic (exact) mass is 250 g/mol. The molecule has 1 saturated heterocycles. The Balaban J connectivity index is 1.87. The first-order valence-corrected chi connectivity index (χ1v) is 7.08. The molecule has 0 aliphatic carbocycles. The molecule has 1 aromatic heterocycles. The minimum absolute atomic E-state index is 0.701. The second-order valence-electron chi connectivity index (χ2n) is 5.72. The normalized spacial score (nSPS) is 21.7. The van der Waals surface area contributed by atoms with Crippen molar-refractivity contribution in [3.8, 4) is 0 Å². The van der Waals surface area contributed by atoms with Crippen LogP contribution in [-0.4, -0.2) is 46.9 Å². The highest BCUT2D eigenvalue weighted by molar-refractivity contribution is 5.00. The highest BCUT2D eigenvalue weighted by atomic mass is 15.3. The van der Waals surface area contributed by atoms with Gasteiger partial charge >= 0.3 is 0 Å². The van der Waals surface area contributed by atoms with Gasteiger partial charge in [0.05, 0.1) is 0 Å². The lowest BCUT2D eigenvalue weighted by atomic mass is 10.0. The molecule has 1 aliphatic heterocycles. The van der Waals surface area contributed by atoms with Crippen molar-refractivity contribution >= 4 is 0 Å². The van der Waals surface area contributed by atoms with Crippen molar-refractivity contribution in [2.75, 3.05) is 26.2 Å².